The Bertz CT molecular complexity index is 278. The van der Waals surface area contributed by atoms with Gasteiger partial charge >= 0.3 is 0 Å². The maximum atomic E-state index is 5.36. The second-order valence-corrected chi connectivity index (χ2v) is 4.45. The molecule has 0 atom stereocenters. The van der Waals surface area contributed by atoms with Crippen LogP contribution in [-0.4, -0.2) is 35.8 Å². The van der Waals surface area contributed by atoms with E-state index >= 15 is 0 Å². The van der Waals surface area contributed by atoms with Crippen LogP contribution in [0.25, 0.3) is 0 Å². The third-order valence-electron chi connectivity index (χ3n) is 3.36. The third-order valence-corrected chi connectivity index (χ3v) is 3.36. The average molecular weight is 223 g/mol. The van der Waals surface area contributed by atoms with Crippen LogP contribution in [0.1, 0.15) is 31.5 Å². The Morgan fingerprint density at radius 2 is 2.25 bits per heavy atom. The van der Waals surface area contributed by atoms with Gasteiger partial charge in [-0.1, -0.05) is 0 Å². The molecule has 2 N–H and O–H groups in total. The minimum absolute atomic E-state index is 0.489. The molecule has 0 spiro atoms. The van der Waals surface area contributed by atoms with Crippen LogP contribution >= 0.6 is 0 Å². The fourth-order valence-corrected chi connectivity index (χ4v) is 2.33. The lowest BCUT2D eigenvalue weighted by molar-refractivity contribution is 0.0626. The summed E-state index contributed by atoms with van der Waals surface area (Å²) in [6.45, 7) is 1.01. The van der Waals surface area contributed by atoms with Crippen LogP contribution in [0, 0.1) is 0 Å². The molecule has 0 unspecified atom stereocenters. The second-order valence-electron chi connectivity index (χ2n) is 4.45. The van der Waals surface area contributed by atoms with Crippen molar-refractivity contribution in [3.63, 3.8) is 0 Å². The van der Waals surface area contributed by atoms with Crippen LogP contribution in [0.4, 0.5) is 0 Å². The van der Waals surface area contributed by atoms with Crippen LogP contribution in [0.15, 0.2) is 12.4 Å². The summed E-state index contributed by atoms with van der Waals surface area (Å²) in [4.78, 5) is 7.33. The Morgan fingerprint density at radius 3 is 2.88 bits per heavy atom. The van der Waals surface area contributed by atoms with Gasteiger partial charge in [0.25, 0.3) is 0 Å². The number of ether oxygens (including phenoxy) is 1. The molecule has 0 aliphatic heterocycles. The Balaban J connectivity index is 1.60. The van der Waals surface area contributed by atoms with Gasteiger partial charge in [0.05, 0.1) is 6.10 Å². The summed E-state index contributed by atoms with van der Waals surface area (Å²) in [6.07, 6.45) is 10.00. The molecule has 90 valence electrons. The van der Waals surface area contributed by atoms with Crippen LogP contribution in [0.5, 0.6) is 0 Å². The molecule has 0 amide bonds. The fourth-order valence-electron chi connectivity index (χ4n) is 2.33. The van der Waals surface area contributed by atoms with Gasteiger partial charge in [-0.25, -0.2) is 4.98 Å². The van der Waals surface area contributed by atoms with Crippen LogP contribution in [0.3, 0.4) is 0 Å². The van der Waals surface area contributed by atoms with E-state index in [1.165, 1.54) is 25.7 Å². The molecular formula is C12H21N3O. The van der Waals surface area contributed by atoms with E-state index in [0.29, 0.717) is 12.1 Å². The van der Waals surface area contributed by atoms with Crippen molar-refractivity contribution in [1.82, 2.24) is 15.3 Å². The molecule has 1 aliphatic rings. The van der Waals surface area contributed by atoms with E-state index in [0.717, 1.165) is 18.8 Å². The third kappa shape index (κ3) is 3.32. The summed E-state index contributed by atoms with van der Waals surface area (Å²) in [7, 11) is 1.81. The largest absolute Gasteiger partial charge is 0.381 e. The van der Waals surface area contributed by atoms with Gasteiger partial charge in [-0.2, -0.15) is 0 Å². The number of imidazole rings is 1. The highest BCUT2D eigenvalue weighted by Gasteiger charge is 2.19. The first-order valence-corrected chi connectivity index (χ1v) is 6.13. The lowest BCUT2D eigenvalue weighted by Gasteiger charge is -2.28. The summed E-state index contributed by atoms with van der Waals surface area (Å²) in [5.41, 5.74) is 0. The van der Waals surface area contributed by atoms with E-state index in [-0.39, 0.29) is 0 Å². The quantitative estimate of drug-likeness (QED) is 0.795. The maximum absolute atomic E-state index is 5.36. The second kappa shape index (κ2) is 6.01. The standard InChI is InChI=1S/C12H21N3O/c1-16-11-4-2-10(3-5-11)13-7-6-12-14-8-9-15-12/h8-11,13H,2-7H2,1H3,(H,14,15). The topological polar surface area (TPSA) is 49.9 Å². The summed E-state index contributed by atoms with van der Waals surface area (Å²) in [5, 5.41) is 3.59. The minimum Gasteiger partial charge on any atom is -0.381 e. The molecule has 1 fully saturated rings. The molecule has 0 bridgehead atoms. The highest BCUT2D eigenvalue weighted by atomic mass is 16.5. The zero-order chi connectivity index (χ0) is 11.2. The Hall–Kier alpha value is -0.870. The van der Waals surface area contributed by atoms with Gasteiger partial charge in [0.15, 0.2) is 0 Å². The van der Waals surface area contributed by atoms with Crippen molar-refractivity contribution >= 4 is 0 Å². The first-order chi connectivity index (χ1) is 7.88. The SMILES string of the molecule is COC1CCC(NCCc2ncc[nH]2)CC1. The molecule has 2 rings (SSSR count). The first kappa shape index (κ1) is 11.6. The van der Waals surface area contributed by atoms with Gasteiger partial charge < -0.3 is 15.0 Å². The Kier molecular flexibility index (Phi) is 4.36. The fraction of sp³-hybridized carbons (Fsp3) is 0.750. The summed E-state index contributed by atoms with van der Waals surface area (Å²) in [5.74, 6) is 1.07. The zero-order valence-corrected chi connectivity index (χ0v) is 9.91. The predicted octanol–water partition coefficient (Wildman–Crippen LogP) is 1.50. The molecule has 1 saturated carbocycles. The van der Waals surface area contributed by atoms with Crippen LogP contribution in [0.2, 0.25) is 0 Å². The number of nitrogens with one attached hydrogen (secondary N) is 2. The molecule has 4 nitrogen and oxygen atoms in total. The van der Waals surface area contributed by atoms with E-state index in [4.69, 9.17) is 4.74 Å². The van der Waals surface area contributed by atoms with Gasteiger partial charge in [0, 0.05) is 38.5 Å². The van der Waals surface area contributed by atoms with Crippen molar-refractivity contribution in [1.29, 1.82) is 0 Å². The number of hydrogen-bond acceptors (Lipinski definition) is 3. The molecule has 1 aromatic rings. The Labute approximate surface area is 96.8 Å². The number of hydrogen-bond donors (Lipinski definition) is 2. The van der Waals surface area contributed by atoms with Gasteiger partial charge in [-0.3, -0.25) is 0 Å². The molecule has 1 heterocycles. The highest BCUT2D eigenvalue weighted by Crippen LogP contribution is 2.20. The predicted molar refractivity (Wildman–Crippen MR) is 63.3 cm³/mol. The van der Waals surface area contributed by atoms with Gasteiger partial charge in [0.1, 0.15) is 5.82 Å². The van der Waals surface area contributed by atoms with E-state index < -0.39 is 0 Å². The van der Waals surface area contributed by atoms with Gasteiger partial charge in [-0.05, 0) is 25.7 Å². The summed E-state index contributed by atoms with van der Waals surface area (Å²) < 4.78 is 5.36. The number of H-pyrrole nitrogens is 1. The van der Waals surface area contributed by atoms with Crippen molar-refractivity contribution < 1.29 is 4.74 Å². The molecule has 1 aliphatic carbocycles. The van der Waals surface area contributed by atoms with Crippen molar-refractivity contribution in [2.24, 2.45) is 0 Å². The Morgan fingerprint density at radius 1 is 1.44 bits per heavy atom. The molecule has 16 heavy (non-hydrogen) atoms. The van der Waals surface area contributed by atoms with Crippen LogP contribution < -0.4 is 5.32 Å². The lowest BCUT2D eigenvalue weighted by Crippen LogP contribution is -2.36. The lowest BCUT2D eigenvalue weighted by atomic mass is 9.93. The van der Waals surface area contributed by atoms with E-state index in [9.17, 15) is 0 Å². The van der Waals surface area contributed by atoms with E-state index in [1.807, 2.05) is 13.3 Å². The van der Waals surface area contributed by atoms with E-state index in [1.54, 1.807) is 6.20 Å². The maximum Gasteiger partial charge on any atom is 0.107 e. The summed E-state index contributed by atoms with van der Waals surface area (Å²) >= 11 is 0. The van der Waals surface area contributed by atoms with Crippen molar-refractivity contribution in [2.75, 3.05) is 13.7 Å². The highest BCUT2D eigenvalue weighted by molar-refractivity contribution is 4.88. The minimum atomic E-state index is 0.489. The monoisotopic (exact) mass is 223 g/mol. The molecule has 0 radical (unpaired) electrons. The van der Waals surface area contributed by atoms with Crippen LogP contribution in [-0.2, 0) is 11.2 Å². The average Bonchev–Trinajstić information content (AvgIpc) is 2.83. The normalized spacial score (nSPS) is 25.8. The van der Waals surface area contributed by atoms with Gasteiger partial charge in [-0.15, -0.1) is 0 Å². The van der Waals surface area contributed by atoms with Crippen molar-refractivity contribution in [3.05, 3.63) is 18.2 Å². The van der Waals surface area contributed by atoms with E-state index in [2.05, 4.69) is 15.3 Å². The number of nitrogens with zero attached hydrogens (tertiary/aromatic N) is 1. The summed E-state index contributed by atoms with van der Waals surface area (Å²) in [6, 6.07) is 0.668. The number of aromatic nitrogens is 2. The smallest absolute Gasteiger partial charge is 0.107 e. The zero-order valence-electron chi connectivity index (χ0n) is 9.91. The molecule has 0 saturated heterocycles. The van der Waals surface area contributed by atoms with Crippen molar-refractivity contribution in [3.8, 4) is 0 Å². The van der Waals surface area contributed by atoms with Gasteiger partial charge in [0.2, 0.25) is 0 Å². The number of rotatable bonds is 5. The first-order valence-electron chi connectivity index (χ1n) is 6.13. The number of aromatic amines is 1. The molecule has 4 heteroatoms. The number of methoxy groups -OCH3 is 1. The molecular weight excluding hydrogens is 202 g/mol. The molecule has 1 aromatic heterocycles. The molecule has 0 aromatic carbocycles. The van der Waals surface area contributed by atoms with Crippen molar-refractivity contribution in [2.45, 2.75) is 44.2 Å².